The minimum atomic E-state index is -0.0602. The van der Waals surface area contributed by atoms with E-state index in [1.807, 2.05) is 18.3 Å². The topological polar surface area (TPSA) is 64.0 Å². The normalized spacial score (nSPS) is 23.5. The van der Waals surface area contributed by atoms with Gasteiger partial charge in [0, 0.05) is 43.8 Å². The summed E-state index contributed by atoms with van der Waals surface area (Å²) in [6.45, 7) is 2.55. The van der Waals surface area contributed by atoms with Crippen LogP contribution in [0.2, 0.25) is 0 Å². The van der Waals surface area contributed by atoms with Crippen molar-refractivity contribution in [1.82, 2.24) is 9.55 Å². The Morgan fingerprint density at radius 1 is 1.19 bits per heavy atom. The van der Waals surface area contributed by atoms with Crippen molar-refractivity contribution in [1.29, 1.82) is 0 Å². The molecule has 3 aliphatic rings. The molecule has 144 valence electrons. The quantitative estimate of drug-likeness (QED) is 0.825. The summed E-state index contributed by atoms with van der Waals surface area (Å²) < 4.78 is 30.6. The van der Waals surface area contributed by atoms with Crippen LogP contribution in [0.25, 0.3) is 11.4 Å². The van der Waals surface area contributed by atoms with Crippen molar-refractivity contribution >= 4 is 0 Å². The van der Waals surface area contributed by atoms with Crippen LogP contribution in [0.3, 0.4) is 0 Å². The zero-order valence-electron chi connectivity index (χ0n) is 15.5. The highest BCUT2D eigenvalue weighted by molar-refractivity contribution is 5.67. The van der Waals surface area contributed by atoms with Crippen LogP contribution in [0.4, 0.5) is 0 Å². The molecule has 0 amide bonds. The molecule has 7 heteroatoms. The second kappa shape index (κ2) is 6.73. The van der Waals surface area contributed by atoms with E-state index < -0.39 is 0 Å². The molecule has 0 N–H and O–H groups in total. The Labute approximate surface area is 158 Å². The molecule has 0 saturated carbocycles. The van der Waals surface area contributed by atoms with Crippen molar-refractivity contribution in [2.24, 2.45) is 0 Å². The van der Waals surface area contributed by atoms with Gasteiger partial charge in [0.25, 0.3) is 0 Å². The lowest BCUT2D eigenvalue weighted by atomic mass is 9.84. The lowest BCUT2D eigenvalue weighted by Crippen LogP contribution is -2.44. The third-order valence-corrected chi connectivity index (χ3v) is 5.85. The lowest BCUT2D eigenvalue weighted by Gasteiger charge is -2.43. The zero-order valence-corrected chi connectivity index (χ0v) is 15.5. The molecule has 2 saturated heterocycles. The summed E-state index contributed by atoms with van der Waals surface area (Å²) in [4.78, 5) is 4.64. The van der Waals surface area contributed by atoms with Gasteiger partial charge in [0.15, 0.2) is 11.5 Å². The average molecular weight is 372 g/mol. The molecule has 27 heavy (non-hydrogen) atoms. The molecule has 5 rings (SSSR count). The number of rotatable bonds is 3. The first-order valence-corrected chi connectivity index (χ1v) is 9.51. The zero-order chi connectivity index (χ0) is 18.3. The fourth-order valence-electron chi connectivity index (χ4n) is 4.42. The smallest absolute Gasteiger partial charge is 0.231 e. The number of aromatic nitrogens is 2. The van der Waals surface area contributed by atoms with Gasteiger partial charge in [-0.1, -0.05) is 0 Å². The number of methoxy groups -OCH3 is 1. The minimum Gasteiger partial charge on any atom is -0.493 e. The number of hydrogen-bond acceptors (Lipinski definition) is 6. The van der Waals surface area contributed by atoms with Gasteiger partial charge in [0.2, 0.25) is 12.5 Å². The van der Waals surface area contributed by atoms with Crippen LogP contribution in [0.1, 0.15) is 31.7 Å². The third kappa shape index (κ3) is 2.95. The van der Waals surface area contributed by atoms with Gasteiger partial charge in [-0.3, -0.25) is 0 Å². The second-order valence-corrected chi connectivity index (χ2v) is 7.36. The Kier molecular flexibility index (Phi) is 4.21. The Bertz CT molecular complexity index is 822. The molecule has 1 aromatic carbocycles. The summed E-state index contributed by atoms with van der Waals surface area (Å²) in [6, 6.07) is 4.30. The number of fused-ring (bicyclic) bond motifs is 1. The van der Waals surface area contributed by atoms with Crippen molar-refractivity contribution in [2.45, 2.75) is 37.3 Å². The molecule has 2 aromatic rings. The molecule has 1 unspecified atom stereocenters. The Morgan fingerprint density at radius 2 is 2.07 bits per heavy atom. The van der Waals surface area contributed by atoms with Crippen LogP contribution in [0.15, 0.2) is 24.5 Å². The van der Waals surface area contributed by atoms with Gasteiger partial charge in [0.1, 0.15) is 5.82 Å². The fourth-order valence-corrected chi connectivity index (χ4v) is 4.42. The van der Waals surface area contributed by atoms with Gasteiger partial charge < -0.3 is 28.3 Å². The van der Waals surface area contributed by atoms with Crippen LogP contribution in [-0.4, -0.2) is 48.9 Å². The van der Waals surface area contributed by atoms with Gasteiger partial charge in [-0.05, 0) is 37.8 Å². The highest BCUT2D eigenvalue weighted by Gasteiger charge is 2.40. The van der Waals surface area contributed by atoms with E-state index in [0.717, 1.165) is 56.9 Å². The molecule has 1 aromatic heterocycles. The summed E-state index contributed by atoms with van der Waals surface area (Å²) in [7, 11) is 1.64. The summed E-state index contributed by atoms with van der Waals surface area (Å²) >= 11 is 0. The monoisotopic (exact) mass is 372 g/mol. The van der Waals surface area contributed by atoms with Crippen LogP contribution in [0, 0.1) is 0 Å². The van der Waals surface area contributed by atoms with Gasteiger partial charge in [-0.15, -0.1) is 0 Å². The maximum absolute atomic E-state index is 6.21. The van der Waals surface area contributed by atoms with E-state index in [9.17, 15) is 0 Å². The van der Waals surface area contributed by atoms with Crippen molar-refractivity contribution in [3.05, 3.63) is 24.5 Å². The van der Waals surface area contributed by atoms with Crippen LogP contribution < -0.4 is 14.2 Å². The third-order valence-electron chi connectivity index (χ3n) is 5.85. The summed E-state index contributed by atoms with van der Waals surface area (Å²) in [5, 5.41) is 0. The lowest BCUT2D eigenvalue weighted by molar-refractivity contribution is -0.144. The van der Waals surface area contributed by atoms with Crippen molar-refractivity contribution in [3.8, 4) is 28.6 Å². The molecular formula is C20H24N2O5. The molecule has 7 nitrogen and oxygen atoms in total. The van der Waals surface area contributed by atoms with Crippen molar-refractivity contribution < 1.29 is 23.7 Å². The van der Waals surface area contributed by atoms with E-state index in [0.29, 0.717) is 23.3 Å². The number of hydrogen-bond donors (Lipinski definition) is 0. The predicted octanol–water partition coefficient (Wildman–Crippen LogP) is 3.19. The van der Waals surface area contributed by atoms with Crippen molar-refractivity contribution in [3.63, 3.8) is 0 Å². The highest BCUT2D eigenvalue weighted by atomic mass is 16.7. The molecule has 4 heterocycles. The Balaban J connectivity index is 1.48. The first-order valence-electron chi connectivity index (χ1n) is 9.51. The van der Waals surface area contributed by atoms with E-state index in [2.05, 4.69) is 15.7 Å². The molecule has 1 atom stereocenters. The van der Waals surface area contributed by atoms with Gasteiger partial charge >= 0.3 is 0 Å². The van der Waals surface area contributed by atoms with Crippen molar-refractivity contribution in [2.75, 3.05) is 33.7 Å². The maximum atomic E-state index is 6.21. The summed E-state index contributed by atoms with van der Waals surface area (Å²) in [6.07, 6.45) is 7.82. The van der Waals surface area contributed by atoms with Crippen LogP contribution in [0.5, 0.6) is 17.2 Å². The van der Waals surface area contributed by atoms with Crippen LogP contribution >= 0.6 is 0 Å². The summed E-state index contributed by atoms with van der Waals surface area (Å²) in [5.41, 5.74) is 0.906. The van der Waals surface area contributed by atoms with Gasteiger partial charge in [0.05, 0.1) is 12.7 Å². The van der Waals surface area contributed by atoms with Gasteiger partial charge in [-0.25, -0.2) is 4.98 Å². The molecule has 0 aliphatic carbocycles. The first kappa shape index (κ1) is 16.9. The first-order chi connectivity index (χ1) is 13.3. The average Bonchev–Trinajstić information content (AvgIpc) is 3.37. The minimum absolute atomic E-state index is 0.0602. The standard InChI is InChI=1S/C20H24N2O5/c1-23-16-10-14(11-17-18(16)26-13-25-17)19-21-5-6-22(19)15-2-7-27-20(12-15)3-8-24-9-4-20/h5-6,10-11,15H,2-4,7-9,12-13H2,1H3. The molecule has 2 fully saturated rings. The fraction of sp³-hybridized carbons (Fsp3) is 0.550. The molecule has 0 radical (unpaired) electrons. The number of benzene rings is 1. The predicted molar refractivity (Wildman–Crippen MR) is 97.3 cm³/mol. The highest BCUT2D eigenvalue weighted by Crippen LogP contribution is 2.45. The number of nitrogens with zero attached hydrogens (tertiary/aromatic N) is 2. The van der Waals surface area contributed by atoms with E-state index >= 15 is 0 Å². The Hall–Kier alpha value is -2.25. The van der Waals surface area contributed by atoms with E-state index in [1.54, 1.807) is 7.11 Å². The Morgan fingerprint density at radius 3 is 2.93 bits per heavy atom. The van der Waals surface area contributed by atoms with E-state index in [4.69, 9.17) is 23.7 Å². The number of ether oxygens (including phenoxy) is 5. The van der Waals surface area contributed by atoms with E-state index in [1.165, 1.54) is 0 Å². The van der Waals surface area contributed by atoms with Gasteiger partial charge in [-0.2, -0.15) is 0 Å². The summed E-state index contributed by atoms with van der Waals surface area (Å²) in [5.74, 6) is 2.95. The maximum Gasteiger partial charge on any atom is 0.231 e. The van der Waals surface area contributed by atoms with Crippen LogP contribution in [-0.2, 0) is 9.47 Å². The molecular weight excluding hydrogens is 348 g/mol. The molecule has 1 spiro atoms. The second-order valence-electron chi connectivity index (χ2n) is 7.36. The largest absolute Gasteiger partial charge is 0.493 e. The SMILES string of the molecule is COc1cc(-c2nccn2C2CCOC3(CCOCC3)C2)cc2c1OCO2. The number of imidazole rings is 1. The molecule has 3 aliphatic heterocycles. The van der Waals surface area contributed by atoms with E-state index in [-0.39, 0.29) is 12.4 Å². The molecule has 0 bridgehead atoms.